The highest BCUT2D eigenvalue weighted by atomic mass is 31.2. The van der Waals surface area contributed by atoms with E-state index in [1.165, 1.54) is 77.0 Å². The van der Waals surface area contributed by atoms with Gasteiger partial charge in [-0.1, -0.05) is 165 Å². The third kappa shape index (κ3) is 38.7. The van der Waals surface area contributed by atoms with Gasteiger partial charge < -0.3 is 60.1 Å². The maximum absolute atomic E-state index is 13.3. The second-order valence-electron chi connectivity index (χ2n) is 18.0. The number of phosphoric ester groups is 4. The minimum absolute atomic E-state index is 0. The zero-order valence-electron chi connectivity index (χ0n) is 43.3. The summed E-state index contributed by atoms with van der Waals surface area (Å²) >= 11 is 0. The van der Waals surface area contributed by atoms with Crippen LogP contribution in [-0.2, 0) is 59.9 Å². The van der Waals surface area contributed by atoms with Gasteiger partial charge in [0, 0.05) is 12.8 Å². The van der Waals surface area contributed by atoms with E-state index in [4.69, 9.17) is 18.5 Å². The van der Waals surface area contributed by atoms with Crippen LogP contribution in [0.15, 0.2) is 48.6 Å². The Hall–Kier alpha value is -1.78. The first-order chi connectivity index (χ1) is 34.5. The zero-order valence-corrected chi connectivity index (χ0v) is 46.9. The second-order valence-corrected chi connectivity index (χ2v) is 23.0. The molecule has 0 aliphatic heterocycles. The summed E-state index contributed by atoms with van der Waals surface area (Å²) in [6, 6.07) is 0. The third-order valence-corrected chi connectivity index (χ3v) is 13.9. The van der Waals surface area contributed by atoms with E-state index in [0.29, 0.717) is 25.7 Å². The Bertz CT molecular complexity index is 1780. The van der Waals surface area contributed by atoms with Crippen LogP contribution in [0.5, 0.6) is 0 Å². The standard InChI is InChI=1S/C47H86O22P4.H3N/c1-3-5-7-9-11-13-15-17-19-20-22-24-26-28-30-32-34-36-41(49)65-39(37-63-40(48)35-33-31-29-27-25-23-21-18-16-14-12-10-8-6-4-2)38-64-73(61,62)69-44-42(50)45(66-70(52,53)54)47(68-72(58,59)60)46(43(44)51)67-71(55,56)57;/h11,13,17,19,22,24,28,30,39,42-47,50-51H,3-10,12,14-16,18,20-21,23,25-27,29,31-38H2,1-2H3,(H,61,62)(H2,52,53,54)(H2,55,56,57)(H2,58,59,60);1H3/b13-11-,19-17-,24-22-,30-28-;/t39-,42+,43+,44?,45-,46+,47?;/m1./s1. The lowest BCUT2D eigenvalue weighted by molar-refractivity contribution is -0.209. The molecule has 0 aromatic heterocycles. The van der Waals surface area contributed by atoms with Gasteiger partial charge in [-0.05, 0) is 51.4 Å². The Balaban J connectivity index is 0.0000533. The van der Waals surface area contributed by atoms with Crippen LogP contribution >= 0.6 is 31.3 Å². The highest BCUT2D eigenvalue weighted by Gasteiger charge is 2.59. The lowest BCUT2D eigenvalue weighted by Crippen LogP contribution is -2.65. The van der Waals surface area contributed by atoms with E-state index in [0.717, 1.165) is 51.4 Å². The molecule has 0 amide bonds. The molecule has 8 atom stereocenters. The number of rotatable bonds is 44. The average Bonchev–Trinajstić information content (AvgIpc) is 3.30. The summed E-state index contributed by atoms with van der Waals surface area (Å²) in [6.45, 7) is 2.70. The maximum atomic E-state index is 13.3. The Kier molecular flexibility index (Phi) is 40.3. The number of hydrogen-bond acceptors (Lipinski definition) is 16. The molecule has 0 radical (unpaired) electrons. The Labute approximate surface area is 437 Å². The molecule has 23 nitrogen and oxygen atoms in total. The van der Waals surface area contributed by atoms with E-state index in [9.17, 15) is 72.3 Å². The molecule has 12 N–H and O–H groups in total. The molecule has 0 heterocycles. The van der Waals surface area contributed by atoms with Crippen molar-refractivity contribution < 1.29 is 104 Å². The van der Waals surface area contributed by atoms with Crippen molar-refractivity contribution >= 4 is 43.2 Å². The lowest BCUT2D eigenvalue weighted by atomic mass is 9.85. The van der Waals surface area contributed by atoms with Crippen LogP contribution in [0.3, 0.4) is 0 Å². The summed E-state index contributed by atoms with van der Waals surface area (Å²) in [6.07, 6.45) is 23.2. The van der Waals surface area contributed by atoms with Gasteiger partial charge >= 0.3 is 43.2 Å². The molecule has 1 saturated carbocycles. The van der Waals surface area contributed by atoms with Gasteiger partial charge in [-0.15, -0.1) is 0 Å². The van der Waals surface area contributed by atoms with Gasteiger partial charge in [0.25, 0.3) is 0 Å². The van der Waals surface area contributed by atoms with Gasteiger partial charge in [0.1, 0.15) is 43.2 Å². The monoisotopic (exact) mass is 1140 g/mol. The first-order valence-electron chi connectivity index (χ1n) is 25.7. The summed E-state index contributed by atoms with van der Waals surface area (Å²) in [4.78, 5) is 93.0. The van der Waals surface area contributed by atoms with E-state index in [2.05, 4.69) is 51.7 Å². The molecule has 0 aromatic rings. The summed E-state index contributed by atoms with van der Waals surface area (Å²) < 4.78 is 82.2. The molecule has 0 bridgehead atoms. The molecular weight excluding hydrogens is 1050 g/mol. The number of phosphoric acid groups is 4. The van der Waals surface area contributed by atoms with Gasteiger partial charge in [0.15, 0.2) is 6.10 Å². The molecule has 3 unspecified atom stereocenters. The second kappa shape index (κ2) is 41.3. The predicted molar refractivity (Wildman–Crippen MR) is 277 cm³/mol. The first kappa shape index (κ1) is 72.2. The quantitative estimate of drug-likeness (QED) is 0.0117. The minimum Gasteiger partial charge on any atom is -0.462 e. The molecule has 434 valence electrons. The van der Waals surface area contributed by atoms with Crippen LogP contribution in [0.1, 0.15) is 181 Å². The average molecular weight is 1140 g/mol. The molecule has 1 rings (SSSR count). The van der Waals surface area contributed by atoms with Gasteiger partial charge in [-0.2, -0.15) is 0 Å². The van der Waals surface area contributed by atoms with Crippen molar-refractivity contribution in [2.75, 3.05) is 13.2 Å². The number of unbranched alkanes of at least 4 members (excludes halogenated alkanes) is 18. The van der Waals surface area contributed by atoms with Crippen molar-refractivity contribution in [3.8, 4) is 0 Å². The van der Waals surface area contributed by atoms with Crippen molar-refractivity contribution in [2.45, 2.75) is 224 Å². The van der Waals surface area contributed by atoms with E-state index in [1.807, 2.05) is 24.3 Å². The molecular formula is C47H89NO22P4. The predicted octanol–water partition coefficient (Wildman–Crippen LogP) is 9.68. The molecule has 74 heavy (non-hydrogen) atoms. The number of aliphatic hydroxyl groups is 2. The third-order valence-electron chi connectivity index (χ3n) is 11.4. The topological polar surface area (TPSA) is 384 Å². The summed E-state index contributed by atoms with van der Waals surface area (Å²) in [5.41, 5.74) is 0. The lowest BCUT2D eigenvalue weighted by Gasteiger charge is -2.45. The molecule has 1 fully saturated rings. The Morgan fingerprint density at radius 2 is 0.811 bits per heavy atom. The van der Waals surface area contributed by atoms with Gasteiger partial charge in [0.2, 0.25) is 0 Å². The minimum atomic E-state index is -5.80. The van der Waals surface area contributed by atoms with Crippen molar-refractivity contribution in [1.29, 1.82) is 0 Å². The largest absolute Gasteiger partial charge is 0.472 e. The van der Waals surface area contributed by atoms with Crippen molar-refractivity contribution in [3.05, 3.63) is 48.6 Å². The highest BCUT2D eigenvalue weighted by Crippen LogP contribution is 2.53. The van der Waals surface area contributed by atoms with E-state index >= 15 is 0 Å². The van der Waals surface area contributed by atoms with E-state index in [1.54, 1.807) is 0 Å². The van der Waals surface area contributed by atoms with Gasteiger partial charge in [-0.25, -0.2) is 18.3 Å². The first-order valence-corrected chi connectivity index (χ1v) is 31.8. The number of ether oxygens (including phenoxy) is 2. The molecule has 0 saturated heterocycles. The summed E-state index contributed by atoms with van der Waals surface area (Å²) in [5.74, 6) is -1.46. The zero-order chi connectivity index (χ0) is 54.6. The van der Waals surface area contributed by atoms with Gasteiger partial charge in [-0.3, -0.25) is 32.2 Å². The summed E-state index contributed by atoms with van der Waals surface area (Å²) in [5, 5.41) is 21.9. The number of aliphatic hydroxyl groups excluding tert-OH is 2. The van der Waals surface area contributed by atoms with Crippen molar-refractivity contribution in [2.24, 2.45) is 0 Å². The van der Waals surface area contributed by atoms with Crippen LogP contribution in [0.4, 0.5) is 0 Å². The van der Waals surface area contributed by atoms with Crippen molar-refractivity contribution in [3.63, 3.8) is 0 Å². The SMILES string of the molecule is CCCCC/C=C\C/C=C\C/C=C\C/C=C\CCCC(=O)O[C@H](COC(=O)CCCCCCCCCCCCCCCCC)COP(=O)(O)OC1[C@H](O)[C@H](OP(=O)(O)O)C(OP(=O)(O)O)[C@H](OP(=O)(O)O)[C@H]1O.N. The molecule has 0 spiro atoms. The molecule has 0 aromatic carbocycles. The van der Waals surface area contributed by atoms with Crippen LogP contribution in [0.2, 0.25) is 0 Å². The number of carbonyl (C=O) groups is 2. The number of hydrogen-bond donors (Lipinski definition) is 10. The fourth-order valence-electron chi connectivity index (χ4n) is 7.66. The molecule has 27 heteroatoms. The van der Waals surface area contributed by atoms with Crippen LogP contribution in [-0.4, -0.2) is 112 Å². The highest BCUT2D eigenvalue weighted by molar-refractivity contribution is 7.47. The number of carbonyl (C=O) groups excluding carboxylic acids is 2. The molecule has 1 aliphatic carbocycles. The normalized spacial score (nSPS) is 21.1. The fourth-order valence-corrected chi connectivity index (χ4v) is 10.3. The number of esters is 2. The van der Waals surface area contributed by atoms with E-state index < -0.39 is 99.2 Å². The smallest absolute Gasteiger partial charge is 0.462 e. The van der Waals surface area contributed by atoms with Crippen LogP contribution in [0.25, 0.3) is 0 Å². The van der Waals surface area contributed by atoms with Crippen molar-refractivity contribution in [1.82, 2.24) is 6.15 Å². The Morgan fingerprint density at radius 1 is 0.446 bits per heavy atom. The van der Waals surface area contributed by atoms with E-state index in [-0.39, 0.29) is 19.0 Å². The molecule has 1 aliphatic rings. The van der Waals surface area contributed by atoms with Crippen LogP contribution in [0, 0.1) is 0 Å². The van der Waals surface area contributed by atoms with Crippen LogP contribution < -0.4 is 6.15 Å². The van der Waals surface area contributed by atoms with Gasteiger partial charge in [0.05, 0.1) is 6.61 Å². The fraction of sp³-hybridized carbons (Fsp3) is 0.787. The number of allylic oxidation sites excluding steroid dienone is 8. The maximum Gasteiger partial charge on any atom is 0.472 e. The summed E-state index contributed by atoms with van der Waals surface area (Å²) in [7, 11) is -23.0. The Morgan fingerprint density at radius 3 is 1.24 bits per heavy atom.